The molecule has 8 nitrogen and oxygen atoms in total. The highest BCUT2D eigenvalue weighted by Crippen LogP contribution is 2.22. The first-order valence-corrected chi connectivity index (χ1v) is 10.8. The first-order valence-electron chi connectivity index (χ1n) is 12.3. The van der Waals surface area contributed by atoms with Crippen LogP contribution in [0.1, 0.15) is 51.3 Å². The van der Waals surface area contributed by atoms with Crippen LogP contribution < -0.4 is 15.8 Å². The third-order valence-electron chi connectivity index (χ3n) is 5.85. The molecule has 1 aliphatic heterocycles. The second-order valence-corrected chi connectivity index (χ2v) is 8.48. The topological polar surface area (TPSA) is 94.2 Å². The molecule has 1 amide bonds. The lowest BCUT2D eigenvalue weighted by Crippen LogP contribution is -2.46. The largest absolute Gasteiger partial charge is 0.368 e. The lowest BCUT2D eigenvalue weighted by Gasteiger charge is -2.36. The van der Waals surface area contributed by atoms with Gasteiger partial charge >= 0.3 is 0 Å². The normalized spacial score (nSPS) is 16.6. The van der Waals surface area contributed by atoms with Gasteiger partial charge in [0.05, 0.1) is 22.4 Å². The zero-order chi connectivity index (χ0) is 25.3. The molecule has 0 atom stereocenters. The van der Waals surface area contributed by atoms with E-state index in [4.69, 9.17) is 4.11 Å². The van der Waals surface area contributed by atoms with Crippen molar-refractivity contribution in [2.75, 3.05) is 38.1 Å². The quantitative estimate of drug-likeness (QED) is 0.637. The lowest BCUT2D eigenvalue weighted by atomic mass is 10.1. The summed E-state index contributed by atoms with van der Waals surface area (Å²) in [5, 5.41) is 1.97. The molecule has 8 heteroatoms. The van der Waals surface area contributed by atoms with Gasteiger partial charge in [-0.25, -0.2) is 9.97 Å². The van der Waals surface area contributed by atoms with E-state index >= 15 is 0 Å². The van der Waals surface area contributed by atoms with Gasteiger partial charge in [0.1, 0.15) is 11.4 Å². The Labute approximate surface area is 191 Å². The number of pyridine rings is 1. The Balaban J connectivity index is 1.39. The van der Waals surface area contributed by atoms with Crippen molar-refractivity contribution in [3.8, 4) is 0 Å². The molecular weight excluding hydrogens is 404 g/mol. The Hall–Kier alpha value is -3.26. The number of H-pyrrole nitrogens is 1. The molecule has 0 bridgehead atoms. The van der Waals surface area contributed by atoms with Crippen LogP contribution in [0.25, 0.3) is 11.0 Å². The summed E-state index contributed by atoms with van der Waals surface area (Å²) in [6, 6.07) is 9.40. The van der Waals surface area contributed by atoms with Gasteiger partial charge in [-0.1, -0.05) is 19.9 Å². The molecule has 0 spiro atoms. The smallest absolute Gasteiger partial charge is 0.270 e. The molecule has 0 saturated carbocycles. The van der Waals surface area contributed by atoms with Crippen molar-refractivity contribution in [1.29, 1.82) is 0 Å². The number of nitrogens with zero attached hydrogens (tertiary/aromatic N) is 4. The maximum atomic E-state index is 12.3. The van der Waals surface area contributed by atoms with Gasteiger partial charge in [-0.05, 0) is 36.8 Å². The zero-order valence-electron chi connectivity index (χ0n) is 21.6. The summed E-state index contributed by atoms with van der Waals surface area (Å²) < 4.78 is 21.5. The predicted octanol–water partition coefficient (Wildman–Crippen LogP) is 2.43. The molecule has 1 aliphatic rings. The molecule has 1 fully saturated rings. The third kappa shape index (κ3) is 4.50. The Morgan fingerprint density at radius 2 is 1.97 bits per heavy atom. The fourth-order valence-corrected chi connectivity index (χ4v) is 4.12. The summed E-state index contributed by atoms with van der Waals surface area (Å²) in [6.45, 7) is 7.25. The van der Waals surface area contributed by atoms with Crippen LogP contribution in [0.3, 0.4) is 0 Å². The zero-order valence-corrected chi connectivity index (χ0v) is 18.6. The number of aromatic nitrogens is 3. The number of aromatic amines is 1. The molecule has 0 radical (unpaired) electrons. The summed E-state index contributed by atoms with van der Waals surface area (Å²) >= 11 is 0. The second-order valence-electron chi connectivity index (χ2n) is 8.48. The Kier molecular flexibility index (Phi) is 5.20. The average Bonchev–Trinajstić information content (AvgIpc) is 2.78. The van der Waals surface area contributed by atoms with Gasteiger partial charge in [-0.2, -0.15) is 0 Å². The van der Waals surface area contributed by atoms with Crippen LogP contribution in [0.5, 0.6) is 0 Å². The van der Waals surface area contributed by atoms with Crippen molar-refractivity contribution in [3.05, 3.63) is 63.3 Å². The highest BCUT2D eigenvalue weighted by molar-refractivity contribution is 5.92. The Bertz CT molecular complexity index is 1300. The van der Waals surface area contributed by atoms with Gasteiger partial charge in [0.25, 0.3) is 11.5 Å². The SMILES string of the molecule is [2H]C([2H])([2H])NC(=O)c1ccc(N2CCN(Cc3ccc4nc(C(C)C)c(=O)[nH]c4c3)CC2)c(C)n1. The van der Waals surface area contributed by atoms with E-state index in [0.29, 0.717) is 11.4 Å². The molecule has 4 rings (SSSR count). The number of amides is 1. The maximum absolute atomic E-state index is 12.3. The van der Waals surface area contributed by atoms with Gasteiger partial charge in [0.15, 0.2) is 0 Å². The fourth-order valence-electron chi connectivity index (χ4n) is 4.12. The number of carbonyl (C=O) groups is 1. The summed E-state index contributed by atoms with van der Waals surface area (Å²) in [6.07, 6.45) is 0. The number of nitrogens with one attached hydrogen (secondary N) is 2. The second kappa shape index (κ2) is 9.08. The number of hydrogen-bond acceptors (Lipinski definition) is 6. The van der Waals surface area contributed by atoms with Crippen LogP contribution in [-0.2, 0) is 6.54 Å². The van der Waals surface area contributed by atoms with Crippen LogP contribution in [0, 0.1) is 6.92 Å². The van der Waals surface area contributed by atoms with Crippen LogP contribution >= 0.6 is 0 Å². The maximum Gasteiger partial charge on any atom is 0.270 e. The number of anilines is 1. The molecule has 1 saturated heterocycles. The van der Waals surface area contributed by atoms with Gasteiger partial charge in [-0.3, -0.25) is 14.5 Å². The first-order chi connectivity index (χ1) is 16.5. The first kappa shape index (κ1) is 18.3. The average molecular weight is 438 g/mol. The summed E-state index contributed by atoms with van der Waals surface area (Å²) in [7, 11) is 0. The Morgan fingerprint density at radius 3 is 2.66 bits per heavy atom. The van der Waals surface area contributed by atoms with E-state index in [1.807, 2.05) is 44.3 Å². The lowest BCUT2D eigenvalue weighted by molar-refractivity contribution is 0.0958. The van der Waals surface area contributed by atoms with Gasteiger partial charge in [-0.15, -0.1) is 0 Å². The van der Waals surface area contributed by atoms with E-state index < -0.39 is 12.9 Å². The molecule has 3 aromatic rings. The minimum absolute atomic E-state index is 0.0699. The molecule has 32 heavy (non-hydrogen) atoms. The molecule has 0 unspecified atom stereocenters. The Morgan fingerprint density at radius 1 is 1.19 bits per heavy atom. The van der Waals surface area contributed by atoms with E-state index in [2.05, 4.69) is 30.8 Å². The number of fused-ring (bicyclic) bond motifs is 1. The van der Waals surface area contributed by atoms with Gasteiger partial charge in [0.2, 0.25) is 0 Å². The predicted molar refractivity (Wildman–Crippen MR) is 126 cm³/mol. The van der Waals surface area contributed by atoms with Crippen molar-refractivity contribution in [2.45, 2.75) is 33.2 Å². The molecule has 2 aromatic heterocycles. The van der Waals surface area contributed by atoms with E-state index in [0.717, 1.165) is 55.0 Å². The van der Waals surface area contributed by atoms with Crippen molar-refractivity contribution in [2.24, 2.45) is 0 Å². The van der Waals surface area contributed by atoms with Crippen molar-refractivity contribution >= 4 is 22.6 Å². The number of benzene rings is 1. The molecule has 2 N–H and O–H groups in total. The van der Waals surface area contributed by atoms with Crippen LogP contribution in [-0.4, -0.2) is 58.9 Å². The summed E-state index contributed by atoms with van der Waals surface area (Å²) in [5.41, 5.74) is 4.78. The highest BCUT2D eigenvalue weighted by Gasteiger charge is 2.20. The summed E-state index contributed by atoms with van der Waals surface area (Å²) in [4.78, 5) is 40.8. The van der Waals surface area contributed by atoms with Crippen LogP contribution in [0.4, 0.5) is 5.69 Å². The highest BCUT2D eigenvalue weighted by atomic mass is 16.1. The van der Waals surface area contributed by atoms with E-state index in [1.54, 1.807) is 6.07 Å². The van der Waals surface area contributed by atoms with Crippen molar-refractivity contribution in [3.63, 3.8) is 0 Å². The minimum atomic E-state index is -2.55. The summed E-state index contributed by atoms with van der Waals surface area (Å²) in [5.74, 6) is -0.641. The fraction of sp³-hybridized carbons (Fsp3) is 0.417. The number of piperazine rings is 1. The molecule has 1 aromatic carbocycles. The van der Waals surface area contributed by atoms with Crippen LogP contribution in [0.15, 0.2) is 35.1 Å². The van der Waals surface area contributed by atoms with Gasteiger partial charge < -0.3 is 15.2 Å². The van der Waals surface area contributed by atoms with E-state index in [1.165, 1.54) is 0 Å². The van der Waals surface area contributed by atoms with Crippen molar-refractivity contribution < 1.29 is 8.91 Å². The number of rotatable bonds is 5. The van der Waals surface area contributed by atoms with E-state index in [-0.39, 0.29) is 17.2 Å². The van der Waals surface area contributed by atoms with E-state index in [9.17, 15) is 9.59 Å². The van der Waals surface area contributed by atoms with Crippen LogP contribution in [0.2, 0.25) is 0 Å². The monoisotopic (exact) mass is 437 g/mol. The minimum Gasteiger partial charge on any atom is -0.368 e. The van der Waals surface area contributed by atoms with Crippen molar-refractivity contribution in [1.82, 2.24) is 25.2 Å². The molecule has 0 aliphatic carbocycles. The third-order valence-corrected chi connectivity index (χ3v) is 5.85. The van der Waals surface area contributed by atoms with Gasteiger partial charge in [0, 0.05) is 49.7 Å². The number of carbonyl (C=O) groups excluding carboxylic acids is 1. The molecule has 168 valence electrons. The molecular formula is C24H30N6O2. The number of hydrogen-bond donors (Lipinski definition) is 2. The number of aryl methyl sites for hydroxylation is 1. The molecule has 3 heterocycles. The standard InChI is InChI=1S/C24H30N6O2/c1-15(2)22-24(32)28-20-13-17(5-6-18(20)27-22)14-29-9-11-30(12-10-29)21-8-7-19(23(31)25-4)26-16(21)3/h5-8,13,15H,9-12,14H2,1-4H3,(H,25,31)(H,28,32)/i4D3.